The fourth-order valence-electron chi connectivity index (χ4n) is 2.52. The molecule has 0 radical (unpaired) electrons. The van der Waals surface area contributed by atoms with E-state index in [2.05, 4.69) is 4.99 Å². The molecular formula is C11H16N2O3S2. The SMILES string of the molecule is CCN1C(=NC(=O)C2CC2)S[C@@H]2CS(=O)(=O)C[C@H]21. The number of fused-ring (bicyclic) bond motifs is 1. The lowest BCUT2D eigenvalue weighted by Crippen LogP contribution is -2.37. The molecule has 3 aliphatic rings. The fraction of sp³-hybridized carbons (Fsp3) is 0.818. The van der Waals surface area contributed by atoms with Gasteiger partial charge in [-0.1, -0.05) is 11.8 Å². The summed E-state index contributed by atoms with van der Waals surface area (Å²) in [5, 5.41) is 0.792. The van der Waals surface area contributed by atoms with Gasteiger partial charge in [-0.25, -0.2) is 8.42 Å². The minimum atomic E-state index is -2.91. The number of amides is 1. The maximum atomic E-state index is 11.7. The van der Waals surface area contributed by atoms with Crippen LogP contribution in [0.3, 0.4) is 0 Å². The van der Waals surface area contributed by atoms with Crippen LogP contribution >= 0.6 is 11.8 Å². The summed E-state index contributed by atoms with van der Waals surface area (Å²) in [6, 6.07) is 0.00996. The molecule has 0 aromatic carbocycles. The van der Waals surface area contributed by atoms with Crippen molar-refractivity contribution in [3.63, 3.8) is 0 Å². The number of hydrogen-bond donors (Lipinski definition) is 0. The third-order valence-corrected chi connectivity index (χ3v) is 6.90. The van der Waals surface area contributed by atoms with Crippen LogP contribution in [0.4, 0.5) is 0 Å². The minimum absolute atomic E-state index is 0.00996. The number of nitrogens with zero attached hydrogens (tertiary/aromatic N) is 2. The van der Waals surface area contributed by atoms with Gasteiger partial charge in [0.2, 0.25) is 0 Å². The Morgan fingerprint density at radius 3 is 2.78 bits per heavy atom. The van der Waals surface area contributed by atoms with E-state index in [0.717, 1.165) is 18.0 Å². The van der Waals surface area contributed by atoms with Gasteiger partial charge in [-0.15, -0.1) is 0 Å². The number of aliphatic imine (C=N–C) groups is 1. The summed E-state index contributed by atoms with van der Waals surface area (Å²) >= 11 is 1.47. The Labute approximate surface area is 111 Å². The molecule has 0 unspecified atom stereocenters. The van der Waals surface area contributed by atoms with Gasteiger partial charge in [0.25, 0.3) is 5.91 Å². The molecule has 1 saturated carbocycles. The summed E-state index contributed by atoms with van der Waals surface area (Å²) < 4.78 is 23.2. The second-order valence-corrected chi connectivity index (χ2v) is 8.45. The lowest BCUT2D eigenvalue weighted by atomic mass is 10.2. The van der Waals surface area contributed by atoms with E-state index in [9.17, 15) is 13.2 Å². The smallest absolute Gasteiger partial charge is 0.251 e. The lowest BCUT2D eigenvalue weighted by molar-refractivity contribution is -0.118. The van der Waals surface area contributed by atoms with Crippen LogP contribution in [0.15, 0.2) is 4.99 Å². The van der Waals surface area contributed by atoms with Crippen molar-refractivity contribution < 1.29 is 13.2 Å². The van der Waals surface area contributed by atoms with E-state index in [4.69, 9.17) is 0 Å². The van der Waals surface area contributed by atoms with Gasteiger partial charge in [0, 0.05) is 17.7 Å². The van der Waals surface area contributed by atoms with Crippen LogP contribution in [-0.4, -0.2) is 53.7 Å². The van der Waals surface area contributed by atoms with E-state index in [0.29, 0.717) is 6.54 Å². The molecule has 0 bridgehead atoms. The predicted molar refractivity (Wildman–Crippen MR) is 71.4 cm³/mol. The summed E-state index contributed by atoms with van der Waals surface area (Å²) in [6.45, 7) is 2.69. The van der Waals surface area contributed by atoms with E-state index < -0.39 is 9.84 Å². The van der Waals surface area contributed by atoms with E-state index in [1.807, 2.05) is 11.8 Å². The highest BCUT2D eigenvalue weighted by molar-refractivity contribution is 8.15. The average molecular weight is 288 g/mol. The first kappa shape index (κ1) is 12.5. The van der Waals surface area contributed by atoms with Crippen molar-refractivity contribution in [3.8, 4) is 0 Å². The monoisotopic (exact) mass is 288 g/mol. The molecule has 3 rings (SSSR count). The third-order valence-electron chi connectivity index (χ3n) is 3.65. The normalized spacial score (nSPS) is 36.1. The molecule has 1 amide bonds. The van der Waals surface area contributed by atoms with Crippen LogP contribution in [0.25, 0.3) is 0 Å². The largest absolute Gasteiger partial charge is 0.346 e. The zero-order chi connectivity index (χ0) is 12.9. The summed E-state index contributed by atoms with van der Waals surface area (Å²) in [4.78, 5) is 17.9. The van der Waals surface area contributed by atoms with Crippen molar-refractivity contribution in [2.24, 2.45) is 10.9 Å². The van der Waals surface area contributed by atoms with Gasteiger partial charge in [-0.05, 0) is 19.8 Å². The molecule has 0 aromatic heterocycles. The van der Waals surface area contributed by atoms with E-state index in [1.54, 1.807) is 0 Å². The van der Waals surface area contributed by atoms with Crippen molar-refractivity contribution in [1.29, 1.82) is 0 Å². The molecule has 100 valence electrons. The molecule has 5 nitrogen and oxygen atoms in total. The van der Waals surface area contributed by atoms with Gasteiger partial charge < -0.3 is 4.90 Å². The van der Waals surface area contributed by atoms with Gasteiger partial charge in [-0.2, -0.15) is 4.99 Å². The Bertz CT molecular complexity index is 510. The number of amidine groups is 1. The highest BCUT2D eigenvalue weighted by Gasteiger charge is 2.48. The summed E-state index contributed by atoms with van der Waals surface area (Å²) in [6.07, 6.45) is 1.90. The van der Waals surface area contributed by atoms with E-state index in [-0.39, 0.29) is 34.6 Å². The number of sulfone groups is 1. The zero-order valence-electron chi connectivity index (χ0n) is 10.2. The minimum Gasteiger partial charge on any atom is -0.346 e. The number of thioether (sulfide) groups is 1. The van der Waals surface area contributed by atoms with Crippen LogP contribution in [-0.2, 0) is 14.6 Å². The lowest BCUT2D eigenvalue weighted by Gasteiger charge is -2.22. The molecule has 2 aliphatic heterocycles. The second-order valence-electron chi connectivity index (χ2n) is 5.09. The van der Waals surface area contributed by atoms with Crippen LogP contribution in [0.5, 0.6) is 0 Å². The molecular weight excluding hydrogens is 272 g/mol. The quantitative estimate of drug-likeness (QED) is 0.741. The third kappa shape index (κ3) is 2.18. The number of rotatable bonds is 2. The van der Waals surface area contributed by atoms with Crippen molar-refractivity contribution in [2.75, 3.05) is 18.1 Å². The van der Waals surface area contributed by atoms with Crippen molar-refractivity contribution in [3.05, 3.63) is 0 Å². The summed E-state index contributed by atoms with van der Waals surface area (Å²) in [5.41, 5.74) is 0. The molecule has 0 N–H and O–H groups in total. The number of carbonyl (C=O) groups excluding carboxylic acids is 1. The maximum absolute atomic E-state index is 11.7. The van der Waals surface area contributed by atoms with E-state index in [1.165, 1.54) is 11.8 Å². The Morgan fingerprint density at radius 1 is 1.44 bits per heavy atom. The standard InChI is InChI=1S/C11H16N2O3S2/c1-2-13-8-5-18(15,16)6-9(8)17-11(13)12-10(14)7-3-4-7/h7-9H,2-6H2,1H3/t8-,9-/m1/s1. The predicted octanol–water partition coefficient (Wildman–Crippen LogP) is 0.513. The van der Waals surface area contributed by atoms with Crippen LogP contribution in [0.1, 0.15) is 19.8 Å². The average Bonchev–Trinajstić information content (AvgIpc) is 3.01. The van der Waals surface area contributed by atoms with Crippen LogP contribution in [0.2, 0.25) is 0 Å². The molecule has 0 aromatic rings. The molecule has 1 aliphatic carbocycles. The van der Waals surface area contributed by atoms with Gasteiger partial charge in [0.1, 0.15) is 0 Å². The highest BCUT2D eigenvalue weighted by Crippen LogP contribution is 2.39. The Hall–Kier alpha value is -0.560. The Kier molecular flexibility index (Phi) is 2.93. The zero-order valence-corrected chi connectivity index (χ0v) is 11.8. The molecule has 3 fully saturated rings. The highest BCUT2D eigenvalue weighted by atomic mass is 32.2. The van der Waals surface area contributed by atoms with Crippen molar-refractivity contribution in [1.82, 2.24) is 4.90 Å². The van der Waals surface area contributed by atoms with Crippen LogP contribution in [0, 0.1) is 5.92 Å². The topological polar surface area (TPSA) is 66.8 Å². The first-order valence-corrected chi connectivity index (χ1v) is 8.96. The van der Waals surface area contributed by atoms with Gasteiger partial charge >= 0.3 is 0 Å². The summed E-state index contributed by atoms with van der Waals surface area (Å²) in [7, 11) is -2.91. The van der Waals surface area contributed by atoms with E-state index >= 15 is 0 Å². The Morgan fingerprint density at radius 2 is 2.17 bits per heavy atom. The van der Waals surface area contributed by atoms with Gasteiger partial charge in [-0.3, -0.25) is 4.79 Å². The van der Waals surface area contributed by atoms with Gasteiger partial charge in [0.15, 0.2) is 15.0 Å². The first-order chi connectivity index (χ1) is 8.50. The molecule has 18 heavy (non-hydrogen) atoms. The molecule has 7 heteroatoms. The first-order valence-electron chi connectivity index (χ1n) is 6.26. The Balaban J connectivity index is 1.81. The second kappa shape index (κ2) is 4.23. The van der Waals surface area contributed by atoms with Crippen LogP contribution < -0.4 is 0 Å². The fourth-order valence-corrected chi connectivity index (χ4v) is 6.54. The molecule has 2 atom stereocenters. The molecule has 2 heterocycles. The molecule has 2 saturated heterocycles. The maximum Gasteiger partial charge on any atom is 0.251 e. The van der Waals surface area contributed by atoms with Crippen molar-refractivity contribution >= 4 is 32.7 Å². The summed E-state index contributed by atoms with van der Waals surface area (Å²) in [5.74, 6) is 0.518. The van der Waals surface area contributed by atoms with Crippen molar-refractivity contribution in [2.45, 2.75) is 31.1 Å². The molecule has 0 spiro atoms. The number of hydrogen-bond acceptors (Lipinski definition) is 4. The van der Waals surface area contributed by atoms with Gasteiger partial charge in [0.05, 0.1) is 17.5 Å². The number of carbonyl (C=O) groups is 1.